The third-order valence-corrected chi connectivity index (χ3v) is 0.920. The number of carbonyl (C=O) groups is 1. The molecule has 1 aliphatic heterocycles. The molecule has 0 aromatic heterocycles. The minimum Gasteiger partial charge on any atom is -0.406 e. The number of rotatable bonds is 0. The summed E-state index contributed by atoms with van der Waals surface area (Å²) in [5.41, 5.74) is 0. The SMILES string of the molecule is CC1=NOC(C)C(=O)O1. The van der Waals surface area contributed by atoms with Crippen molar-refractivity contribution in [3.63, 3.8) is 0 Å². The van der Waals surface area contributed by atoms with Gasteiger partial charge in [0.05, 0.1) is 0 Å². The Labute approximate surface area is 52.4 Å². The highest BCUT2D eigenvalue weighted by molar-refractivity contribution is 5.90. The van der Waals surface area contributed by atoms with Crippen LogP contribution >= 0.6 is 0 Å². The first kappa shape index (κ1) is 6.07. The molecule has 4 nitrogen and oxygen atoms in total. The van der Waals surface area contributed by atoms with Crippen LogP contribution in [0.2, 0.25) is 0 Å². The van der Waals surface area contributed by atoms with Crippen LogP contribution in [0, 0.1) is 0 Å². The third kappa shape index (κ3) is 1.19. The Kier molecular flexibility index (Phi) is 1.38. The first-order valence-electron chi connectivity index (χ1n) is 2.62. The first-order chi connectivity index (χ1) is 4.20. The Balaban J connectivity index is 2.65. The topological polar surface area (TPSA) is 47.9 Å². The van der Waals surface area contributed by atoms with Crippen molar-refractivity contribution in [1.29, 1.82) is 0 Å². The van der Waals surface area contributed by atoms with Gasteiger partial charge in [-0.05, 0) is 6.92 Å². The van der Waals surface area contributed by atoms with Crippen molar-refractivity contribution in [2.45, 2.75) is 20.0 Å². The van der Waals surface area contributed by atoms with Gasteiger partial charge in [-0.2, -0.15) is 0 Å². The van der Waals surface area contributed by atoms with Crippen LogP contribution in [0.15, 0.2) is 5.16 Å². The quantitative estimate of drug-likeness (QED) is 0.441. The molecule has 0 aromatic rings. The smallest absolute Gasteiger partial charge is 0.356 e. The molecule has 0 saturated carbocycles. The summed E-state index contributed by atoms with van der Waals surface area (Å²) >= 11 is 0. The fraction of sp³-hybridized carbons (Fsp3) is 0.600. The Morgan fingerprint density at radius 1 is 1.67 bits per heavy atom. The number of ether oxygens (including phenoxy) is 1. The predicted octanol–water partition coefficient (Wildman–Crippen LogP) is 0.282. The van der Waals surface area contributed by atoms with Gasteiger partial charge in [-0.25, -0.2) is 4.79 Å². The second-order valence-electron chi connectivity index (χ2n) is 1.78. The highest BCUT2D eigenvalue weighted by atomic mass is 16.7. The molecule has 50 valence electrons. The van der Waals surface area contributed by atoms with Crippen molar-refractivity contribution in [3.05, 3.63) is 0 Å². The van der Waals surface area contributed by atoms with E-state index < -0.39 is 6.10 Å². The van der Waals surface area contributed by atoms with Crippen LogP contribution < -0.4 is 0 Å². The molecule has 0 bridgehead atoms. The summed E-state index contributed by atoms with van der Waals surface area (Å²) in [6.45, 7) is 3.14. The van der Waals surface area contributed by atoms with E-state index in [1.807, 2.05) is 0 Å². The van der Waals surface area contributed by atoms with Crippen molar-refractivity contribution in [3.8, 4) is 0 Å². The molecule has 0 saturated heterocycles. The second kappa shape index (κ2) is 2.05. The van der Waals surface area contributed by atoms with Crippen molar-refractivity contribution in [2.24, 2.45) is 5.16 Å². The summed E-state index contributed by atoms with van der Waals surface area (Å²) < 4.78 is 4.58. The molecule has 0 fully saturated rings. The molecule has 4 heteroatoms. The van der Waals surface area contributed by atoms with Crippen LogP contribution in [-0.4, -0.2) is 18.0 Å². The zero-order valence-electron chi connectivity index (χ0n) is 5.25. The number of carbonyl (C=O) groups excluding carboxylic acids is 1. The van der Waals surface area contributed by atoms with E-state index in [1.165, 1.54) is 0 Å². The van der Waals surface area contributed by atoms with Crippen LogP contribution in [0.4, 0.5) is 0 Å². The Morgan fingerprint density at radius 3 is 2.78 bits per heavy atom. The van der Waals surface area contributed by atoms with Gasteiger partial charge < -0.3 is 9.57 Å². The average molecular weight is 129 g/mol. The number of hydrogen-bond donors (Lipinski definition) is 0. The van der Waals surface area contributed by atoms with E-state index in [9.17, 15) is 4.79 Å². The van der Waals surface area contributed by atoms with E-state index >= 15 is 0 Å². The Bertz CT molecular complexity index is 164. The molecule has 9 heavy (non-hydrogen) atoms. The van der Waals surface area contributed by atoms with Crippen LogP contribution in [0.5, 0.6) is 0 Å². The maximum Gasteiger partial charge on any atom is 0.356 e. The number of esters is 1. The molecule has 1 aliphatic rings. The van der Waals surface area contributed by atoms with Crippen molar-refractivity contribution >= 4 is 11.9 Å². The van der Waals surface area contributed by atoms with Gasteiger partial charge in [-0.3, -0.25) is 0 Å². The van der Waals surface area contributed by atoms with Gasteiger partial charge >= 0.3 is 5.97 Å². The van der Waals surface area contributed by atoms with E-state index in [2.05, 4.69) is 14.7 Å². The molecular formula is C5H7NO3. The van der Waals surface area contributed by atoms with Crippen molar-refractivity contribution in [2.75, 3.05) is 0 Å². The van der Waals surface area contributed by atoms with Gasteiger partial charge in [0, 0.05) is 6.92 Å². The van der Waals surface area contributed by atoms with Crippen LogP contribution in [-0.2, 0) is 14.4 Å². The Hall–Kier alpha value is -1.06. The maximum atomic E-state index is 10.6. The standard InChI is InChI=1S/C5H7NO3/c1-3-5(7)8-4(2)6-9-3/h3H,1-2H3. The van der Waals surface area contributed by atoms with E-state index in [1.54, 1.807) is 13.8 Å². The molecule has 1 heterocycles. The zero-order chi connectivity index (χ0) is 6.85. The number of oxime groups is 1. The molecule has 0 radical (unpaired) electrons. The molecule has 0 N–H and O–H groups in total. The van der Waals surface area contributed by atoms with Crippen LogP contribution in [0.1, 0.15) is 13.8 Å². The Morgan fingerprint density at radius 2 is 2.33 bits per heavy atom. The molecular weight excluding hydrogens is 122 g/mol. The van der Waals surface area contributed by atoms with Crippen molar-refractivity contribution in [1.82, 2.24) is 0 Å². The lowest BCUT2D eigenvalue weighted by Crippen LogP contribution is -2.28. The van der Waals surface area contributed by atoms with Gasteiger partial charge in [-0.15, -0.1) is 0 Å². The minimum absolute atomic E-state index is 0.262. The highest BCUT2D eigenvalue weighted by Crippen LogP contribution is 2.02. The monoisotopic (exact) mass is 129 g/mol. The van der Waals surface area contributed by atoms with Gasteiger partial charge in [0.2, 0.25) is 12.0 Å². The molecule has 1 atom stereocenters. The normalized spacial score (nSPS) is 26.2. The predicted molar refractivity (Wildman–Crippen MR) is 29.7 cm³/mol. The number of cyclic esters (lactones) is 1. The van der Waals surface area contributed by atoms with Crippen molar-refractivity contribution < 1.29 is 14.4 Å². The summed E-state index contributed by atoms with van der Waals surface area (Å²) in [4.78, 5) is 15.2. The summed E-state index contributed by atoms with van der Waals surface area (Å²) in [7, 11) is 0. The molecule has 0 amide bonds. The number of nitrogens with zero attached hydrogens (tertiary/aromatic N) is 1. The van der Waals surface area contributed by atoms with E-state index in [0.717, 1.165) is 0 Å². The van der Waals surface area contributed by atoms with Gasteiger partial charge in [0.15, 0.2) is 0 Å². The van der Waals surface area contributed by atoms with Gasteiger partial charge in [-0.1, -0.05) is 5.16 Å². The number of hydrogen-bond acceptors (Lipinski definition) is 4. The maximum absolute atomic E-state index is 10.6. The summed E-state index contributed by atoms with van der Waals surface area (Å²) in [6, 6.07) is 0. The van der Waals surface area contributed by atoms with Crippen LogP contribution in [0.3, 0.4) is 0 Å². The molecule has 0 spiro atoms. The lowest BCUT2D eigenvalue weighted by Gasteiger charge is -2.13. The fourth-order valence-corrected chi connectivity index (χ4v) is 0.444. The van der Waals surface area contributed by atoms with Gasteiger partial charge in [0.1, 0.15) is 0 Å². The summed E-state index contributed by atoms with van der Waals surface area (Å²) in [5, 5.41) is 3.43. The van der Waals surface area contributed by atoms with E-state index in [4.69, 9.17) is 0 Å². The molecule has 1 unspecified atom stereocenters. The summed E-state index contributed by atoms with van der Waals surface area (Å²) in [5.74, 6) is -0.124. The second-order valence-corrected chi connectivity index (χ2v) is 1.78. The van der Waals surface area contributed by atoms with E-state index in [-0.39, 0.29) is 11.9 Å². The molecule has 1 rings (SSSR count). The minimum atomic E-state index is -0.561. The summed E-state index contributed by atoms with van der Waals surface area (Å²) in [6.07, 6.45) is -0.561. The average Bonchev–Trinajstić information content (AvgIpc) is 1.80. The van der Waals surface area contributed by atoms with E-state index in [0.29, 0.717) is 0 Å². The third-order valence-electron chi connectivity index (χ3n) is 0.920. The highest BCUT2D eigenvalue weighted by Gasteiger charge is 2.21. The van der Waals surface area contributed by atoms with Gasteiger partial charge in [0.25, 0.3) is 0 Å². The first-order valence-corrected chi connectivity index (χ1v) is 2.62. The lowest BCUT2D eigenvalue weighted by atomic mass is 10.4. The molecule has 0 aromatic carbocycles. The lowest BCUT2D eigenvalue weighted by molar-refractivity contribution is -0.151. The largest absolute Gasteiger partial charge is 0.406 e. The molecule has 0 aliphatic carbocycles. The fourth-order valence-electron chi connectivity index (χ4n) is 0.444. The zero-order valence-corrected chi connectivity index (χ0v) is 5.25. The van der Waals surface area contributed by atoms with Crippen LogP contribution in [0.25, 0.3) is 0 Å².